The summed E-state index contributed by atoms with van der Waals surface area (Å²) in [6.45, 7) is -0.0450. The van der Waals surface area contributed by atoms with E-state index in [1.807, 2.05) is 0 Å². The first kappa shape index (κ1) is 10.3. The van der Waals surface area contributed by atoms with Crippen LogP contribution in [0.5, 0.6) is 0 Å². The van der Waals surface area contributed by atoms with E-state index in [1.54, 1.807) is 0 Å². The number of aliphatic hydroxyl groups is 1. The predicted octanol–water partition coefficient (Wildman–Crippen LogP) is -1.19. The molecule has 0 aliphatic rings. The summed E-state index contributed by atoms with van der Waals surface area (Å²) in [6, 6.07) is 0. The van der Waals surface area contributed by atoms with Gasteiger partial charge in [-0.05, 0) is 0 Å². The summed E-state index contributed by atoms with van der Waals surface area (Å²) < 4.78 is 1.24. The Bertz CT molecular complexity index is 487. The van der Waals surface area contributed by atoms with Crippen LogP contribution in [0.4, 0.5) is 0 Å². The van der Waals surface area contributed by atoms with E-state index in [2.05, 4.69) is 16.8 Å². The molecular formula is C9H10N2O3. The molecule has 74 valence electrons. The van der Waals surface area contributed by atoms with Crippen molar-refractivity contribution in [3.8, 4) is 11.8 Å². The van der Waals surface area contributed by atoms with Crippen LogP contribution < -0.4 is 11.2 Å². The minimum absolute atomic E-state index is 0.0450. The first-order valence-electron chi connectivity index (χ1n) is 4.05. The van der Waals surface area contributed by atoms with Gasteiger partial charge in [0, 0.05) is 19.7 Å². The summed E-state index contributed by atoms with van der Waals surface area (Å²) in [4.78, 5) is 24.2. The lowest BCUT2D eigenvalue weighted by Gasteiger charge is -1.94. The number of hydrogen-bond donors (Lipinski definition) is 2. The van der Waals surface area contributed by atoms with Crippen LogP contribution in [0.3, 0.4) is 0 Å². The molecule has 0 aromatic carbocycles. The molecule has 0 radical (unpaired) electrons. The maximum absolute atomic E-state index is 11.2. The smallest absolute Gasteiger partial charge is 0.328 e. The molecular weight excluding hydrogens is 184 g/mol. The fourth-order valence-corrected chi connectivity index (χ4v) is 0.866. The van der Waals surface area contributed by atoms with Gasteiger partial charge in [-0.3, -0.25) is 9.78 Å². The number of nitrogens with zero attached hydrogens (tertiary/aromatic N) is 1. The Morgan fingerprint density at radius 3 is 2.93 bits per heavy atom. The van der Waals surface area contributed by atoms with Crippen LogP contribution in [0.15, 0.2) is 15.8 Å². The van der Waals surface area contributed by atoms with Gasteiger partial charge in [0.2, 0.25) is 0 Å². The number of aromatic amines is 1. The topological polar surface area (TPSA) is 75.1 Å². The fourth-order valence-electron chi connectivity index (χ4n) is 0.866. The average Bonchev–Trinajstić information content (AvgIpc) is 2.14. The second-order valence-corrected chi connectivity index (χ2v) is 2.69. The summed E-state index contributed by atoms with van der Waals surface area (Å²) in [5.74, 6) is 5.17. The number of rotatable bonds is 1. The maximum Gasteiger partial charge on any atom is 0.328 e. The van der Waals surface area contributed by atoms with Crippen molar-refractivity contribution in [1.82, 2.24) is 9.55 Å². The molecule has 1 heterocycles. The van der Waals surface area contributed by atoms with E-state index < -0.39 is 11.2 Å². The monoisotopic (exact) mass is 194 g/mol. The summed E-state index contributed by atoms with van der Waals surface area (Å²) in [5.41, 5.74) is -0.748. The third-order valence-electron chi connectivity index (χ3n) is 1.57. The normalized spacial score (nSPS) is 9.29. The number of hydrogen-bond acceptors (Lipinski definition) is 3. The zero-order valence-corrected chi connectivity index (χ0v) is 7.70. The van der Waals surface area contributed by atoms with E-state index in [4.69, 9.17) is 5.11 Å². The lowest BCUT2D eigenvalue weighted by atomic mass is 10.3. The Kier molecular flexibility index (Phi) is 3.26. The molecule has 0 bridgehead atoms. The second kappa shape index (κ2) is 4.44. The van der Waals surface area contributed by atoms with Crippen molar-refractivity contribution in [2.24, 2.45) is 7.05 Å². The van der Waals surface area contributed by atoms with Crippen LogP contribution in [-0.2, 0) is 7.05 Å². The fraction of sp³-hybridized carbons (Fsp3) is 0.333. The van der Waals surface area contributed by atoms with Gasteiger partial charge in [-0.15, -0.1) is 0 Å². The Morgan fingerprint density at radius 2 is 2.29 bits per heavy atom. The van der Waals surface area contributed by atoms with E-state index >= 15 is 0 Å². The maximum atomic E-state index is 11.2. The van der Waals surface area contributed by atoms with Crippen LogP contribution in [0.2, 0.25) is 0 Å². The molecule has 0 aliphatic heterocycles. The zero-order valence-electron chi connectivity index (χ0n) is 7.70. The third kappa shape index (κ3) is 2.34. The molecule has 5 heteroatoms. The molecule has 0 spiro atoms. The van der Waals surface area contributed by atoms with Crippen molar-refractivity contribution < 1.29 is 5.11 Å². The molecule has 1 aromatic rings. The molecule has 5 nitrogen and oxygen atoms in total. The van der Waals surface area contributed by atoms with Crippen molar-refractivity contribution in [3.05, 3.63) is 32.6 Å². The van der Waals surface area contributed by atoms with Gasteiger partial charge < -0.3 is 9.67 Å². The molecule has 0 amide bonds. The van der Waals surface area contributed by atoms with Crippen LogP contribution in [0.25, 0.3) is 0 Å². The highest BCUT2D eigenvalue weighted by molar-refractivity contribution is 5.29. The average molecular weight is 194 g/mol. The minimum atomic E-state index is -0.501. The summed E-state index contributed by atoms with van der Waals surface area (Å²) in [7, 11) is 1.52. The van der Waals surface area contributed by atoms with Crippen molar-refractivity contribution in [3.63, 3.8) is 0 Å². The largest absolute Gasteiger partial charge is 0.395 e. The Morgan fingerprint density at radius 1 is 1.57 bits per heavy atom. The molecule has 0 unspecified atom stereocenters. The van der Waals surface area contributed by atoms with Crippen molar-refractivity contribution in [2.45, 2.75) is 6.42 Å². The molecule has 0 fully saturated rings. The molecule has 0 saturated carbocycles. The Labute approximate surface area is 80.0 Å². The number of H-pyrrole nitrogens is 1. The standard InChI is InChI=1S/C9H10N2O3/c1-11-6-7(4-2-3-5-12)8(13)10-9(11)14/h6,12H,3,5H2,1H3,(H,10,13,14). The first-order chi connectivity index (χ1) is 6.65. The number of aromatic nitrogens is 2. The summed E-state index contributed by atoms with van der Waals surface area (Å²) in [5, 5.41) is 8.47. The van der Waals surface area contributed by atoms with E-state index in [0.29, 0.717) is 6.42 Å². The summed E-state index contributed by atoms with van der Waals surface area (Å²) >= 11 is 0. The lowest BCUT2D eigenvalue weighted by Crippen LogP contribution is -2.29. The molecule has 2 N–H and O–H groups in total. The van der Waals surface area contributed by atoms with Gasteiger partial charge in [0.05, 0.1) is 6.61 Å². The van der Waals surface area contributed by atoms with E-state index in [-0.39, 0.29) is 12.2 Å². The molecule has 14 heavy (non-hydrogen) atoms. The van der Waals surface area contributed by atoms with Gasteiger partial charge in [0.15, 0.2) is 0 Å². The summed E-state index contributed by atoms with van der Waals surface area (Å²) in [6.07, 6.45) is 1.67. The van der Waals surface area contributed by atoms with Crippen LogP contribution in [0.1, 0.15) is 12.0 Å². The van der Waals surface area contributed by atoms with Gasteiger partial charge in [0.1, 0.15) is 5.56 Å². The number of aryl methyl sites for hydroxylation is 1. The van der Waals surface area contributed by atoms with Crippen LogP contribution in [0, 0.1) is 11.8 Å². The Hall–Kier alpha value is -1.80. The van der Waals surface area contributed by atoms with Gasteiger partial charge in [-0.1, -0.05) is 11.8 Å². The van der Waals surface area contributed by atoms with Gasteiger partial charge in [0.25, 0.3) is 5.56 Å². The van der Waals surface area contributed by atoms with Crippen molar-refractivity contribution >= 4 is 0 Å². The van der Waals surface area contributed by atoms with Crippen molar-refractivity contribution in [2.75, 3.05) is 6.61 Å². The van der Waals surface area contributed by atoms with E-state index in [9.17, 15) is 9.59 Å². The Balaban J connectivity index is 3.13. The number of nitrogens with one attached hydrogen (secondary N) is 1. The first-order valence-corrected chi connectivity index (χ1v) is 4.05. The van der Waals surface area contributed by atoms with Gasteiger partial charge >= 0.3 is 5.69 Å². The van der Waals surface area contributed by atoms with E-state index in [0.717, 1.165) is 0 Å². The second-order valence-electron chi connectivity index (χ2n) is 2.69. The van der Waals surface area contributed by atoms with Crippen molar-refractivity contribution in [1.29, 1.82) is 0 Å². The highest BCUT2D eigenvalue weighted by Gasteiger charge is 1.97. The third-order valence-corrected chi connectivity index (χ3v) is 1.57. The molecule has 0 aliphatic carbocycles. The highest BCUT2D eigenvalue weighted by Crippen LogP contribution is 1.82. The quantitative estimate of drug-likeness (QED) is 0.552. The van der Waals surface area contributed by atoms with E-state index in [1.165, 1.54) is 17.8 Å². The van der Waals surface area contributed by atoms with Gasteiger partial charge in [-0.25, -0.2) is 4.79 Å². The zero-order chi connectivity index (χ0) is 10.6. The predicted molar refractivity (Wildman–Crippen MR) is 50.9 cm³/mol. The highest BCUT2D eigenvalue weighted by atomic mass is 16.2. The molecule has 0 atom stereocenters. The lowest BCUT2D eigenvalue weighted by molar-refractivity contribution is 0.305. The SMILES string of the molecule is Cn1cc(C#CCCO)c(=O)[nH]c1=O. The molecule has 1 aromatic heterocycles. The van der Waals surface area contributed by atoms with Crippen LogP contribution in [-0.4, -0.2) is 21.3 Å². The minimum Gasteiger partial charge on any atom is -0.395 e. The van der Waals surface area contributed by atoms with Gasteiger partial charge in [-0.2, -0.15) is 0 Å². The molecule has 0 saturated heterocycles. The molecule has 1 rings (SSSR count). The number of aliphatic hydroxyl groups excluding tert-OH is 1. The van der Waals surface area contributed by atoms with Crippen LogP contribution >= 0.6 is 0 Å².